The molecular formula is C15H24BrCl2N3O. The van der Waals surface area contributed by atoms with E-state index in [2.05, 4.69) is 44.3 Å². The number of carbonyl (C=O) groups excluding carboxylic acids is 1. The van der Waals surface area contributed by atoms with Gasteiger partial charge in [-0.25, -0.2) is 0 Å². The van der Waals surface area contributed by atoms with Crippen LogP contribution in [0.15, 0.2) is 28.7 Å². The maximum Gasteiger partial charge on any atom is 0.236 e. The molecule has 1 unspecified atom stereocenters. The molecule has 1 amide bonds. The van der Waals surface area contributed by atoms with E-state index in [1.807, 2.05) is 13.0 Å². The second kappa shape index (κ2) is 10.3. The Morgan fingerprint density at radius 3 is 2.86 bits per heavy atom. The lowest BCUT2D eigenvalue weighted by molar-refractivity contribution is -0.122. The van der Waals surface area contributed by atoms with Crippen LogP contribution in [0.1, 0.15) is 19.8 Å². The summed E-state index contributed by atoms with van der Waals surface area (Å²) in [5.74, 6) is 0.468. The Morgan fingerprint density at radius 1 is 1.50 bits per heavy atom. The van der Waals surface area contributed by atoms with Gasteiger partial charge in [0.2, 0.25) is 5.91 Å². The summed E-state index contributed by atoms with van der Waals surface area (Å²) in [6.45, 7) is 4.67. The normalized spacial score (nSPS) is 18.1. The van der Waals surface area contributed by atoms with Gasteiger partial charge in [-0.3, -0.25) is 4.79 Å². The summed E-state index contributed by atoms with van der Waals surface area (Å²) in [6, 6.07) is 7.96. The summed E-state index contributed by atoms with van der Waals surface area (Å²) < 4.78 is 1.10. The Morgan fingerprint density at radius 2 is 2.23 bits per heavy atom. The van der Waals surface area contributed by atoms with Crippen LogP contribution < -0.4 is 16.0 Å². The fourth-order valence-corrected chi connectivity index (χ4v) is 2.86. The molecule has 1 aliphatic heterocycles. The topological polar surface area (TPSA) is 58.4 Å². The van der Waals surface area contributed by atoms with E-state index in [-0.39, 0.29) is 36.8 Å². The van der Waals surface area contributed by atoms with Crippen LogP contribution in [0, 0.1) is 5.92 Å². The van der Waals surface area contributed by atoms with Crippen LogP contribution in [0.25, 0.3) is 0 Å². The minimum atomic E-state index is -0.377. The molecule has 2 atom stereocenters. The molecule has 1 heterocycles. The first-order chi connectivity index (χ1) is 9.60. The number of nitrogens with zero attached hydrogens (tertiary/aromatic N) is 1. The van der Waals surface area contributed by atoms with Crippen molar-refractivity contribution in [3.8, 4) is 0 Å². The average molecular weight is 413 g/mol. The lowest BCUT2D eigenvalue weighted by Gasteiger charge is -2.19. The molecule has 0 aliphatic carbocycles. The average Bonchev–Trinajstić information content (AvgIpc) is 2.92. The molecule has 0 aromatic heterocycles. The summed E-state index contributed by atoms with van der Waals surface area (Å²) in [4.78, 5) is 14.0. The Hall–Kier alpha value is -0.490. The minimum absolute atomic E-state index is 0. The number of hydrogen-bond donors (Lipinski definition) is 2. The third-order valence-corrected chi connectivity index (χ3v) is 4.29. The Balaban J connectivity index is 0.00000220. The Kier molecular flexibility index (Phi) is 10.1. The van der Waals surface area contributed by atoms with E-state index in [4.69, 9.17) is 5.73 Å². The molecule has 0 radical (unpaired) electrons. The number of benzene rings is 1. The third kappa shape index (κ3) is 5.95. The van der Waals surface area contributed by atoms with Gasteiger partial charge in [0, 0.05) is 29.8 Å². The van der Waals surface area contributed by atoms with Gasteiger partial charge in [0.25, 0.3) is 0 Å². The second-order valence-electron chi connectivity index (χ2n) is 5.34. The summed E-state index contributed by atoms with van der Waals surface area (Å²) in [5, 5.41) is 2.96. The fraction of sp³-hybridized carbons (Fsp3) is 0.533. The lowest BCUT2D eigenvalue weighted by atomic mass is 10.1. The first kappa shape index (κ1) is 21.5. The Labute approximate surface area is 153 Å². The molecule has 1 aromatic carbocycles. The molecule has 1 aromatic rings. The molecule has 0 spiro atoms. The van der Waals surface area contributed by atoms with Gasteiger partial charge in [-0.15, -0.1) is 24.8 Å². The summed E-state index contributed by atoms with van der Waals surface area (Å²) in [5.41, 5.74) is 6.94. The highest BCUT2D eigenvalue weighted by molar-refractivity contribution is 9.10. The van der Waals surface area contributed by atoms with Gasteiger partial charge in [0.15, 0.2) is 0 Å². The zero-order valence-electron chi connectivity index (χ0n) is 12.6. The highest BCUT2D eigenvalue weighted by atomic mass is 79.9. The molecule has 1 aliphatic rings. The summed E-state index contributed by atoms with van der Waals surface area (Å²) in [7, 11) is 0. The fourth-order valence-electron chi connectivity index (χ4n) is 2.47. The van der Waals surface area contributed by atoms with Crippen molar-refractivity contribution in [2.75, 3.05) is 24.5 Å². The zero-order valence-corrected chi connectivity index (χ0v) is 15.8. The van der Waals surface area contributed by atoms with Crippen LogP contribution in [0.3, 0.4) is 0 Å². The highest BCUT2D eigenvalue weighted by Crippen LogP contribution is 2.25. The van der Waals surface area contributed by atoms with Gasteiger partial charge >= 0.3 is 0 Å². The number of nitrogens with one attached hydrogen (secondary N) is 1. The van der Waals surface area contributed by atoms with E-state index in [0.29, 0.717) is 12.3 Å². The highest BCUT2D eigenvalue weighted by Gasteiger charge is 2.23. The predicted octanol–water partition coefficient (Wildman–Crippen LogP) is 2.97. The standard InChI is InChI=1S/C15H22BrN3O.2ClH/c1-2-14(17)15(20)18-9-11-6-7-19(10-11)13-5-3-4-12(16)8-13;;/h3-5,8,11,14H,2,6-7,9-10,17H2,1H3,(H,18,20);2*1H/t11?,14-;;/m0../s1. The molecule has 2 rings (SSSR count). The Bertz CT molecular complexity index is 476. The van der Waals surface area contributed by atoms with Crippen LogP contribution in [0.2, 0.25) is 0 Å². The molecule has 1 saturated heterocycles. The molecule has 4 nitrogen and oxygen atoms in total. The molecule has 7 heteroatoms. The van der Waals surface area contributed by atoms with Crippen LogP contribution in [-0.4, -0.2) is 31.6 Å². The molecule has 3 N–H and O–H groups in total. The van der Waals surface area contributed by atoms with Gasteiger partial charge in [-0.05, 0) is 37.0 Å². The lowest BCUT2D eigenvalue weighted by Crippen LogP contribution is -2.42. The summed E-state index contributed by atoms with van der Waals surface area (Å²) in [6.07, 6.45) is 1.79. The molecule has 0 bridgehead atoms. The number of rotatable bonds is 5. The molecular weight excluding hydrogens is 389 g/mol. The number of halogens is 3. The van der Waals surface area contributed by atoms with Crippen LogP contribution in [-0.2, 0) is 4.79 Å². The van der Waals surface area contributed by atoms with Crippen molar-refractivity contribution in [1.29, 1.82) is 0 Å². The van der Waals surface area contributed by atoms with Crippen molar-refractivity contribution in [2.45, 2.75) is 25.8 Å². The second-order valence-corrected chi connectivity index (χ2v) is 6.26. The first-order valence-corrected chi connectivity index (χ1v) is 7.93. The monoisotopic (exact) mass is 411 g/mol. The zero-order chi connectivity index (χ0) is 14.5. The smallest absolute Gasteiger partial charge is 0.236 e. The van der Waals surface area contributed by atoms with Crippen molar-refractivity contribution < 1.29 is 4.79 Å². The van der Waals surface area contributed by atoms with Gasteiger partial charge in [-0.1, -0.05) is 28.9 Å². The maximum absolute atomic E-state index is 11.7. The SMILES string of the molecule is CC[C@H](N)C(=O)NCC1CCN(c2cccc(Br)c2)C1.Cl.Cl. The van der Waals surface area contributed by atoms with E-state index < -0.39 is 0 Å². The quantitative estimate of drug-likeness (QED) is 0.781. The molecule has 22 heavy (non-hydrogen) atoms. The maximum atomic E-state index is 11.7. The van der Waals surface area contributed by atoms with E-state index in [0.717, 1.165) is 30.5 Å². The number of nitrogens with two attached hydrogens (primary N) is 1. The van der Waals surface area contributed by atoms with Gasteiger partial charge in [-0.2, -0.15) is 0 Å². The van der Waals surface area contributed by atoms with E-state index >= 15 is 0 Å². The summed E-state index contributed by atoms with van der Waals surface area (Å²) >= 11 is 3.50. The van der Waals surface area contributed by atoms with Crippen LogP contribution >= 0.6 is 40.7 Å². The molecule has 1 fully saturated rings. The minimum Gasteiger partial charge on any atom is -0.371 e. The van der Waals surface area contributed by atoms with Gasteiger partial charge in [0.1, 0.15) is 0 Å². The van der Waals surface area contributed by atoms with Gasteiger partial charge in [0.05, 0.1) is 6.04 Å². The van der Waals surface area contributed by atoms with Gasteiger partial charge < -0.3 is 16.0 Å². The third-order valence-electron chi connectivity index (χ3n) is 3.80. The van der Waals surface area contributed by atoms with Crippen molar-refractivity contribution in [3.63, 3.8) is 0 Å². The number of anilines is 1. The van der Waals surface area contributed by atoms with E-state index in [9.17, 15) is 4.79 Å². The van der Waals surface area contributed by atoms with E-state index in [1.54, 1.807) is 0 Å². The number of hydrogen-bond acceptors (Lipinski definition) is 3. The van der Waals surface area contributed by atoms with Crippen LogP contribution in [0.5, 0.6) is 0 Å². The first-order valence-electron chi connectivity index (χ1n) is 7.14. The molecule has 0 saturated carbocycles. The predicted molar refractivity (Wildman–Crippen MR) is 100 cm³/mol. The largest absolute Gasteiger partial charge is 0.371 e. The van der Waals surface area contributed by atoms with E-state index in [1.165, 1.54) is 5.69 Å². The van der Waals surface area contributed by atoms with Crippen molar-refractivity contribution in [3.05, 3.63) is 28.7 Å². The number of carbonyl (C=O) groups is 1. The van der Waals surface area contributed by atoms with Crippen molar-refractivity contribution in [1.82, 2.24) is 5.32 Å². The van der Waals surface area contributed by atoms with Crippen LogP contribution in [0.4, 0.5) is 5.69 Å². The molecule has 126 valence electrons. The number of amides is 1. The van der Waals surface area contributed by atoms with Crippen molar-refractivity contribution in [2.24, 2.45) is 11.7 Å². The van der Waals surface area contributed by atoms with Crippen molar-refractivity contribution >= 4 is 52.3 Å².